The molecule has 6 nitrogen and oxygen atoms in total. The van der Waals surface area contributed by atoms with Crippen molar-refractivity contribution in [2.24, 2.45) is 5.73 Å². The van der Waals surface area contributed by atoms with Crippen molar-refractivity contribution in [1.82, 2.24) is 9.38 Å². The summed E-state index contributed by atoms with van der Waals surface area (Å²) in [5, 5.41) is 0. The molecule has 0 radical (unpaired) electrons. The third-order valence-electron chi connectivity index (χ3n) is 5.66. The van der Waals surface area contributed by atoms with E-state index in [1.165, 1.54) is 18.2 Å². The predicted octanol–water partition coefficient (Wildman–Crippen LogP) is 5.16. The summed E-state index contributed by atoms with van der Waals surface area (Å²) in [6.07, 6.45) is 3.35. The van der Waals surface area contributed by atoms with Crippen LogP contribution in [0.4, 0.5) is 8.78 Å². The monoisotopic (exact) mass is 481 g/mol. The van der Waals surface area contributed by atoms with Crippen LogP contribution in [-0.4, -0.2) is 27.8 Å². The molecule has 3 rings (SSSR count). The van der Waals surface area contributed by atoms with E-state index in [0.29, 0.717) is 29.2 Å². The van der Waals surface area contributed by atoms with E-state index >= 15 is 0 Å². The number of rotatable bonds is 10. The molecule has 9 heteroatoms. The highest BCUT2D eigenvalue weighted by Gasteiger charge is 2.23. The first kappa shape index (κ1) is 26.7. The van der Waals surface area contributed by atoms with E-state index in [0.717, 1.165) is 12.0 Å². The lowest BCUT2D eigenvalue weighted by molar-refractivity contribution is 0.0964. The average molecular weight is 482 g/mol. The number of benzene rings is 1. The number of hydrogen-bond acceptors (Lipinski definition) is 5. The largest absolute Gasteiger partial charge is 0.485 e. The van der Waals surface area contributed by atoms with E-state index in [1.54, 1.807) is 30.7 Å². The molecule has 2 heterocycles. The summed E-state index contributed by atoms with van der Waals surface area (Å²) in [5.41, 5.74) is 7.71. The first-order valence-corrected chi connectivity index (χ1v) is 10.5. The zero-order valence-corrected chi connectivity index (χ0v) is 20.1. The lowest BCUT2D eigenvalue weighted by Gasteiger charge is -2.21. The van der Waals surface area contributed by atoms with Crippen LogP contribution in [0.5, 0.6) is 5.75 Å². The number of carbonyl (C=O) groups is 1. The smallest absolute Gasteiger partial charge is 0.181 e. The first-order chi connectivity index (χ1) is 15.2. The van der Waals surface area contributed by atoms with Crippen molar-refractivity contribution in [2.75, 3.05) is 7.11 Å². The predicted molar refractivity (Wildman–Crippen MR) is 125 cm³/mol. The third-order valence-corrected chi connectivity index (χ3v) is 5.66. The van der Waals surface area contributed by atoms with Crippen LogP contribution >= 0.6 is 12.4 Å². The van der Waals surface area contributed by atoms with Crippen LogP contribution < -0.4 is 10.5 Å². The Morgan fingerprint density at radius 2 is 1.91 bits per heavy atom. The molecule has 0 spiro atoms. The molecule has 180 valence electrons. The Labute approximate surface area is 198 Å². The van der Waals surface area contributed by atoms with Gasteiger partial charge in [-0.25, -0.2) is 13.8 Å². The molecule has 1 unspecified atom stereocenters. The maximum absolute atomic E-state index is 14.0. The second kappa shape index (κ2) is 11.0. The van der Waals surface area contributed by atoms with E-state index in [2.05, 4.69) is 4.98 Å². The topological polar surface area (TPSA) is 78.9 Å². The molecule has 0 aliphatic rings. The SMILES string of the molecule is CCC(C)(N)CCC(=O)c1c(C)nc2c(OCc3c(F)cccc3F)cc(COC)cn12.Cl. The molecule has 2 aromatic heterocycles. The molecule has 0 aliphatic heterocycles. The zero-order chi connectivity index (χ0) is 23.5. The van der Waals surface area contributed by atoms with E-state index in [4.69, 9.17) is 15.2 Å². The van der Waals surface area contributed by atoms with Gasteiger partial charge in [0, 0.05) is 25.3 Å². The number of carbonyl (C=O) groups excluding carboxylic acids is 1. The molecule has 0 saturated carbocycles. The molecule has 0 fully saturated rings. The van der Waals surface area contributed by atoms with Gasteiger partial charge in [-0.2, -0.15) is 0 Å². The third kappa shape index (κ3) is 6.07. The minimum atomic E-state index is -0.690. The molecule has 0 saturated heterocycles. The van der Waals surface area contributed by atoms with E-state index < -0.39 is 17.2 Å². The number of fused-ring (bicyclic) bond motifs is 1. The van der Waals surface area contributed by atoms with Gasteiger partial charge in [0.1, 0.15) is 23.9 Å². The van der Waals surface area contributed by atoms with Crippen LogP contribution in [-0.2, 0) is 18.0 Å². The van der Waals surface area contributed by atoms with E-state index in [1.807, 2.05) is 13.8 Å². The number of aromatic nitrogens is 2. The Balaban J connectivity index is 0.00000385. The first-order valence-electron chi connectivity index (χ1n) is 10.5. The summed E-state index contributed by atoms with van der Waals surface area (Å²) in [6, 6.07) is 5.35. The van der Waals surface area contributed by atoms with Crippen molar-refractivity contribution >= 4 is 23.8 Å². The van der Waals surface area contributed by atoms with Gasteiger partial charge in [0.2, 0.25) is 0 Å². The van der Waals surface area contributed by atoms with Crippen LogP contribution in [0.15, 0.2) is 30.5 Å². The zero-order valence-electron chi connectivity index (χ0n) is 19.3. The summed E-state index contributed by atoms with van der Waals surface area (Å²) in [4.78, 5) is 17.6. The van der Waals surface area contributed by atoms with Crippen LogP contribution in [0.3, 0.4) is 0 Å². The number of Topliss-reactive ketones (excluding diaryl/α,β-unsaturated/α-hetero) is 1. The molecule has 1 aromatic carbocycles. The molecule has 0 aliphatic carbocycles. The van der Waals surface area contributed by atoms with Crippen molar-refractivity contribution in [3.63, 3.8) is 0 Å². The lowest BCUT2D eigenvalue weighted by atomic mass is 9.92. The van der Waals surface area contributed by atoms with Gasteiger partial charge in [0.25, 0.3) is 0 Å². The number of ketones is 1. The summed E-state index contributed by atoms with van der Waals surface area (Å²) in [5.74, 6) is -1.15. The van der Waals surface area contributed by atoms with Crippen LogP contribution in [0.25, 0.3) is 5.65 Å². The number of nitrogens with zero attached hydrogens (tertiary/aromatic N) is 2. The number of methoxy groups -OCH3 is 1. The molecule has 1 atom stereocenters. The number of pyridine rings is 1. The highest BCUT2D eigenvalue weighted by molar-refractivity contribution is 5.96. The van der Waals surface area contributed by atoms with Crippen molar-refractivity contribution in [2.45, 2.75) is 58.8 Å². The van der Waals surface area contributed by atoms with Gasteiger partial charge in [-0.3, -0.25) is 9.20 Å². The standard InChI is InChI=1S/C24H29F2N3O3.ClH/c1-5-24(3,27)10-9-20(30)22-15(2)28-23-21(11-16(13-31-4)12-29(22)23)32-14-17-18(25)7-6-8-19(17)26;/h6-8,11-12H,5,9-10,13-14,27H2,1-4H3;1H. The molecular weight excluding hydrogens is 452 g/mol. The minimum Gasteiger partial charge on any atom is -0.485 e. The van der Waals surface area contributed by atoms with Crippen molar-refractivity contribution in [3.8, 4) is 5.75 Å². The summed E-state index contributed by atoms with van der Waals surface area (Å²) in [6.45, 7) is 5.61. The van der Waals surface area contributed by atoms with Crippen LogP contribution in [0.2, 0.25) is 0 Å². The number of aryl methyl sites for hydroxylation is 1. The Morgan fingerprint density at radius 1 is 1.24 bits per heavy atom. The van der Waals surface area contributed by atoms with Gasteiger partial charge in [0.15, 0.2) is 17.2 Å². The lowest BCUT2D eigenvalue weighted by Crippen LogP contribution is -2.35. The maximum Gasteiger partial charge on any atom is 0.181 e. The van der Waals surface area contributed by atoms with Crippen LogP contribution in [0.1, 0.15) is 60.4 Å². The molecule has 0 bridgehead atoms. The maximum atomic E-state index is 14.0. The van der Waals surface area contributed by atoms with Gasteiger partial charge in [-0.1, -0.05) is 13.0 Å². The minimum absolute atomic E-state index is 0. The number of imidazole rings is 1. The average Bonchev–Trinajstić information content (AvgIpc) is 3.08. The van der Waals surface area contributed by atoms with Crippen molar-refractivity contribution in [3.05, 3.63) is 64.6 Å². The van der Waals surface area contributed by atoms with Crippen LogP contribution in [0, 0.1) is 18.6 Å². The molecular formula is C24H30ClF2N3O3. The summed E-state index contributed by atoms with van der Waals surface area (Å²) >= 11 is 0. The Morgan fingerprint density at radius 3 is 2.52 bits per heavy atom. The second-order valence-corrected chi connectivity index (χ2v) is 8.30. The number of hydrogen-bond donors (Lipinski definition) is 1. The van der Waals surface area contributed by atoms with E-state index in [9.17, 15) is 13.6 Å². The van der Waals surface area contributed by atoms with Gasteiger partial charge < -0.3 is 15.2 Å². The Bertz CT molecular complexity index is 1110. The van der Waals surface area contributed by atoms with Crippen molar-refractivity contribution in [1.29, 1.82) is 0 Å². The fourth-order valence-electron chi connectivity index (χ4n) is 3.48. The number of halogens is 3. The molecule has 2 N–H and O–H groups in total. The molecule has 3 aromatic rings. The van der Waals surface area contributed by atoms with Gasteiger partial charge in [-0.05, 0) is 50.5 Å². The summed E-state index contributed by atoms with van der Waals surface area (Å²) in [7, 11) is 1.55. The van der Waals surface area contributed by atoms with Gasteiger partial charge >= 0.3 is 0 Å². The van der Waals surface area contributed by atoms with Crippen molar-refractivity contribution < 1.29 is 23.0 Å². The Hall–Kier alpha value is -2.55. The fourth-order valence-corrected chi connectivity index (χ4v) is 3.48. The number of ether oxygens (including phenoxy) is 2. The number of nitrogens with two attached hydrogens (primary N) is 1. The highest BCUT2D eigenvalue weighted by atomic mass is 35.5. The molecule has 0 amide bonds. The highest BCUT2D eigenvalue weighted by Crippen LogP contribution is 2.28. The normalized spacial score (nSPS) is 12.9. The summed E-state index contributed by atoms with van der Waals surface area (Å²) < 4.78 is 40.8. The fraction of sp³-hybridized carbons (Fsp3) is 0.417. The van der Waals surface area contributed by atoms with Gasteiger partial charge in [-0.15, -0.1) is 12.4 Å². The quantitative estimate of drug-likeness (QED) is 0.405. The van der Waals surface area contributed by atoms with Gasteiger partial charge in [0.05, 0.1) is 17.9 Å². The van der Waals surface area contributed by atoms with E-state index in [-0.39, 0.29) is 43.4 Å². The molecule has 33 heavy (non-hydrogen) atoms. The second-order valence-electron chi connectivity index (χ2n) is 8.30. The Kier molecular flexibility index (Phi) is 8.94.